The third kappa shape index (κ3) is 2.47. The molecule has 0 aliphatic carbocycles. The van der Waals surface area contributed by atoms with Gasteiger partial charge in [-0.05, 0) is 42.0 Å². The summed E-state index contributed by atoms with van der Waals surface area (Å²) in [6, 6.07) is 6.31. The summed E-state index contributed by atoms with van der Waals surface area (Å²) >= 11 is 1.74. The zero-order chi connectivity index (χ0) is 11.4. The van der Waals surface area contributed by atoms with Crippen molar-refractivity contribution in [2.24, 2.45) is 5.84 Å². The zero-order valence-corrected chi connectivity index (χ0v) is 10.00. The maximum Gasteiger partial charge on any atom is 0.0596 e. The lowest BCUT2D eigenvalue weighted by atomic mass is 10.0. The first kappa shape index (κ1) is 11.3. The maximum absolute atomic E-state index is 5.62. The molecule has 0 amide bonds. The third-order valence-electron chi connectivity index (χ3n) is 2.58. The first-order valence-corrected chi connectivity index (χ1v) is 6.08. The monoisotopic (exact) mass is 233 g/mol. The van der Waals surface area contributed by atoms with Gasteiger partial charge in [-0.25, -0.2) is 0 Å². The lowest BCUT2D eigenvalue weighted by Crippen LogP contribution is -2.29. The molecule has 0 aliphatic rings. The van der Waals surface area contributed by atoms with Gasteiger partial charge in [-0.3, -0.25) is 16.3 Å². The first-order valence-electron chi connectivity index (χ1n) is 5.20. The third-order valence-corrected chi connectivity index (χ3v) is 3.71. The van der Waals surface area contributed by atoms with Crippen molar-refractivity contribution in [2.75, 3.05) is 0 Å². The Bertz CT molecular complexity index is 439. The molecule has 0 saturated carbocycles. The number of hydrogen-bond donors (Lipinski definition) is 2. The Balaban J connectivity index is 2.16. The summed E-state index contributed by atoms with van der Waals surface area (Å²) in [5.74, 6) is 5.62. The smallest absolute Gasteiger partial charge is 0.0596 e. The molecule has 2 rings (SSSR count). The quantitative estimate of drug-likeness (QED) is 0.629. The van der Waals surface area contributed by atoms with E-state index in [0.717, 1.165) is 6.42 Å². The number of aryl methyl sites for hydroxylation is 1. The van der Waals surface area contributed by atoms with E-state index in [9.17, 15) is 0 Å². The highest BCUT2D eigenvalue weighted by atomic mass is 32.1. The fourth-order valence-corrected chi connectivity index (χ4v) is 2.71. The van der Waals surface area contributed by atoms with Gasteiger partial charge in [0.25, 0.3) is 0 Å². The van der Waals surface area contributed by atoms with Crippen LogP contribution in [0.5, 0.6) is 0 Å². The Kier molecular flexibility index (Phi) is 3.66. The van der Waals surface area contributed by atoms with E-state index in [1.54, 1.807) is 17.5 Å². The Hall–Kier alpha value is -1.23. The lowest BCUT2D eigenvalue weighted by Gasteiger charge is -2.15. The molecule has 2 aromatic rings. The van der Waals surface area contributed by atoms with Gasteiger partial charge >= 0.3 is 0 Å². The number of nitrogens with one attached hydrogen (secondary N) is 1. The largest absolute Gasteiger partial charge is 0.271 e. The van der Waals surface area contributed by atoms with Crippen molar-refractivity contribution in [3.63, 3.8) is 0 Å². The number of pyridine rings is 1. The molecule has 1 unspecified atom stereocenters. The van der Waals surface area contributed by atoms with E-state index < -0.39 is 0 Å². The van der Waals surface area contributed by atoms with Crippen molar-refractivity contribution >= 4 is 11.3 Å². The van der Waals surface area contributed by atoms with Crippen LogP contribution in [0.25, 0.3) is 0 Å². The summed E-state index contributed by atoms with van der Waals surface area (Å²) in [6.07, 6.45) is 4.53. The minimum atomic E-state index is 0.171. The minimum absolute atomic E-state index is 0.171. The molecule has 0 fully saturated rings. The normalized spacial score (nSPS) is 12.6. The molecular formula is C12H15N3S. The number of rotatable bonds is 4. The first-order chi connectivity index (χ1) is 7.81. The van der Waals surface area contributed by atoms with Gasteiger partial charge in [0.15, 0.2) is 0 Å². The molecule has 1 atom stereocenters. The molecule has 84 valence electrons. The van der Waals surface area contributed by atoms with Crippen LogP contribution in [0.3, 0.4) is 0 Å². The summed E-state index contributed by atoms with van der Waals surface area (Å²) in [7, 11) is 0. The number of nitrogens with zero attached hydrogens (tertiary/aromatic N) is 1. The van der Waals surface area contributed by atoms with Crippen LogP contribution < -0.4 is 11.3 Å². The predicted octanol–water partition coefficient (Wildman–Crippen LogP) is 2.20. The van der Waals surface area contributed by atoms with Gasteiger partial charge in [0, 0.05) is 17.3 Å². The summed E-state index contributed by atoms with van der Waals surface area (Å²) < 4.78 is 0. The van der Waals surface area contributed by atoms with Crippen LogP contribution in [0.1, 0.15) is 22.0 Å². The van der Waals surface area contributed by atoms with Crippen molar-refractivity contribution in [3.8, 4) is 0 Å². The van der Waals surface area contributed by atoms with E-state index in [-0.39, 0.29) is 6.04 Å². The molecule has 16 heavy (non-hydrogen) atoms. The molecule has 0 radical (unpaired) electrons. The molecule has 0 saturated heterocycles. The Labute approximate surface area is 99.3 Å². The van der Waals surface area contributed by atoms with Crippen molar-refractivity contribution in [1.29, 1.82) is 0 Å². The van der Waals surface area contributed by atoms with E-state index in [2.05, 4.69) is 34.8 Å². The zero-order valence-electron chi connectivity index (χ0n) is 9.18. The van der Waals surface area contributed by atoms with Crippen LogP contribution in [-0.4, -0.2) is 4.98 Å². The van der Waals surface area contributed by atoms with E-state index in [0.29, 0.717) is 0 Å². The molecule has 2 aromatic heterocycles. The Morgan fingerprint density at radius 2 is 2.38 bits per heavy atom. The second-order valence-electron chi connectivity index (χ2n) is 3.75. The molecular weight excluding hydrogens is 218 g/mol. The summed E-state index contributed by atoms with van der Waals surface area (Å²) in [4.78, 5) is 5.41. The van der Waals surface area contributed by atoms with E-state index in [1.165, 1.54) is 16.0 Å². The fourth-order valence-electron chi connectivity index (χ4n) is 1.72. The molecule has 0 spiro atoms. The van der Waals surface area contributed by atoms with Gasteiger partial charge in [0.1, 0.15) is 0 Å². The van der Waals surface area contributed by atoms with E-state index in [1.807, 2.05) is 12.3 Å². The minimum Gasteiger partial charge on any atom is -0.271 e. The van der Waals surface area contributed by atoms with Gasteiger partial charge in [0.2, 0.25) is 0 Å². The number of hydrogen-bond acceptors (Lipinski definition) is 4. The fraction of sp³-hybridized carbons (Fsp3) is 0.250. The highest BCUT2D eigenvalue weighted by molar-refractivity contribution is 7.10. The number of nitrogens with two attached hydrogens (primary N) is 1. The van der Waals surface area contributed by atoms with Gasteiger partial charge in [-0.2, -0.15) is 0 Å². The Morgan fingerprint density at radius 1 is 1.50 bits per heavy atom. The van der Waals surface area contributed by atoms with Crippen LogP contribution >= 0.6 is 11.3 Å². The van der Waals surface area contributed by atoms with Crippen molar-refractivity contribution in [2.45, 2.75) is 19.4 Å². The van der Waals surface area contributed by atoms with Crippen LogP contribution in [-0.2, 0) is 6.42 Å². The lowest BCUT2D eigenvalue weighted by molar-refractivity contribution is 0.557. The molecule has 0 aliphatic heterocycles. The second kappa shape index (κ2) is 5.21. The van der Waals surface area contributed by atoms with Crippen molar-refractivity contribution in [3.05, 3.63) is 52.0 Å². The number of aromatic nitrogens is 1. The summed E-state index contributed by atoms with van der Waals surface area (Å²) in [5.41, 5.74) is 5.36. The van der Waals surface area contributed by atoms with Gasteiger partial charge in [-0.15, -0.1) is 11.3 Å². The topological polar surface area (TPSA) is 50.9 Å². The predicted molar refractivity (Wildman–Crippen MR) is 67.1 cm³/mol. The average Bonchev–Trinajstić information content (AvgIpc) is 2.74. The van der Waals surface area contributed by atoms with Crippen molar-refractivity contribution < 1.29 is 0 Å². The van der Waals surface area contributed by atoms with Crippen LogP contribution in [0.15, 0.2) is 36.0 Å². The second-order valence-corrected chi connectivity index (χ2v) is 4.70. The Morgan fingerprint density at radius 3 is 2.94 bits per heavy atom. The van der Waals surface area contributed by atoms with Gasteiger partial charge < -0.3 is 0 Å². The summed E-state index contributed by atoms with van der Waals surface area (Å²) in [6.45, 7) is 2.11. The molecule has 3 nitrogen and oxygen atoms in total. The summed E-state index contributed by atoms with van der Waals surface area (Å²) in [5, 5.41) is 2.10. The molecule has 0 aromatic carbocycles. The number of hydrazine groups is 1. The number of thiophene rings is 1. The van der Waals surface area contributed by atoms with Gasteiger partial charge in [-0.1, -0.05) is 6.07 Å². The SMILES string of the molecule is Cc1ccsc1C(Cc1cccnc1)NN. The van der Waals surface area contributed by atoms with Crippen LogP contribution in [0, 0.1) is 6.92 Å². The van der Waals surface area contributed by atoms with E-state index in [4.69, 9.17) is 5.84 Å². The maximum atomic E-state index is 5.62. The molecule has 2 heterocycles. The highest BCUT2D eigenvalue weighted by Gasteiger charge is 2.14. The standard InChI is InChI=1S/C12H15N3S/c1-9-4-6-16-12(9)11(15-13)7-10-3-2-5-14-8-10/h2-6,8,11,15H,7,13H2,1H3. The van der Waals surface area contributed by atoms with Crippen LogP contribution in [0.2, 0.25) is 0 Å². The average molecular weight is 233 g/mol. The van der Waals surface area contributed by atoms with E-state index >= 15 is 0 Å². The van der Waals surface area contributed by atoms with Crippen molar-refractivity contribution in [1.82, 2.24) is 10.4 Å². The molecule has 4 heteroatoms. The van der Waals surface area contributed by atoms with Gasteiger partial charge in [0.05, 0.1) is 6.04 Å². The van der Waals surface area contributed by atoms with Crippen LogP contribution in [0.4, 0.5) is 0 Å². The molecule has 3 N–H and O–H groups in total. The molecule has 0 bridgehead atoms. The highest BCUT2D eigenvalue weighted by Crippen LogP contribution is 2.25.